The third-order valence-corrected chi connectivity index (χ3v) is 9.17. The number of sulfonamides is 1. The Balaban J connectivity index is 1.58. The van der Waals surface area contributed by atoms with Gasteiger partial charge in [-0.2, -0.15) is 4.31 Å². The number of aliphatic hydroxyl groups excluding tert-OH is 1. The molecule has 2 aliphatic rings. The molecule has 0 spiro atoms. The molecule has 1 aliphatic carbocycles. The Kier molecular flexibility index (Phi) is 6.85. The maximum Gasteiger partial charge on any atom is 0.246 e. The van der Waals surface area contributed by atoms with Gasteiger partial charge in [0.2, 0.25) is 15.9 Å². The highest BCUT2D eigenvalue weighted by atomic mass is 32.2. The van der Waals surface area contributed by atoms with E-state index in [1.165, 1.54) is 35.6 Å². The van der Waals surface area contributed by atoms with Gasteiger partial charge in [-0.1, -0.05) is 24.2 Å². The molecule has 10 heteroatoms. The topological polar surface area (TPSA) is 109 Å². The van der Waals surface area contributed by atoms with Gasteiger partial charge in [0, 0.05) is 19.5 Å². The molecule has 1 aliphatic heterocycles. The largest absolute Gasteiger partial charge is 0.495 e. The average molecular weight is 480 g/mol. The summed E-state index contributed by atoms with van der Waals surface area (Å²) in [4.78, 5) is 17.7. The number of hydrogen-bond donors (Lipinski definition) is 2. The van der Waals surface area contributed by atoms with Gasteiger partial charge in [-0.05, 0) is 55.9 Å². The van der Waals surface area contributed by atoms with Crippen molar-refractivity contribution in [1.82, 2.24) is 9.29 Å². The van der Waals surface area contributed by atoms with Crippen LogP contribution >= 0.6 is 11.3 Å². The number of aryl methyl sites for hydroxylation is 1. The van der Waals surface area contributed by atoms with Gasteiger partial charge in [0.15, 0.2) is 5.13 Å². The Hall–Kier alpha value is -2.01. The van der Waals surface area contributed by atoms with Crippen molar-refractivity contribution in [2.24, 2.45) is 5.92 Å². The minimum atomic E-state index is -3.82. The molecule has 1 atom stereocenters. The molecule has 4 rings (SSSR count). The van der Waals surface area contributed by atoms with Crippen LogP contribution in [-0.4, -0.2) is 55.0 Å². The SMILES string of the molecule is COc1ccc(-c2sc(NC(=O)CC3CCCC3)nc2C)cc1S(=O)(=O)N1CC[C@@H](O)C1. The van der Waals surface area contributed by atoms with Gasteiger partial charge in [-0.25, -0.2) is 13.4 Å². The number of aliphatic hydroxyl groups is 1. The maximum atomic E-state index is 13.2. The van der Waals surface area contributed by atoms with E-state index in [-0.39, 0.29) is 29.6 Å². The smallest absolute Gasteiger partial charge is 0.246 e. The van der Waals surface area contributed by atoms with E-state index in [4.69, 9.17) is 4.74 Å². The third kappa shape index (κ3) is 4.83. The molecule has 8 nitrogen and oxygen atoms in total. The highest BCUT2D eigenvalue weighted by molar-refractivity contribution is 7.89. The van der Waals surface area contributed by atoms with Gasteiger partial charge in [0.1, 0.15) is 10.6 Å². The molecule has 2 fully saturated rings. The maximum absolute atomic E-state index is 13.2. The van der Waals surface area contributed by atoms with Gasteiger partial charge in [-0.15, -0.1) is 0 Å². The number of thiazole rings is 1. The lowest BCUT2D eigenvalue weighted by Crippen LogP contribution is -2.30. The molecule has 0 bridgehead atoms. The van der Waals surface area contributed by atoms with E-state index in [2.05, 4.69) is 10.3 Å². The number of aromatic nitrogens is 1. The van der Waals surface area contributed by atoms with Crippen LogP contribution in [0.2, 0.25) is 0 Å². The Morgan fingerprint density at radius 2 is 2.06 bits per heavy atom. The van der Waals surface area contributed by atoms with Crippen molar-refractivity contribution in [3.05, 3.63) is 23.9 Å². The van der Waals surface area contributed by atoms with Gasteiger partial charge in [0.05, 0.1) is 23.8 Å². The van der Waals surface area contributed by atoms with Crippen LogP contribution in [-0.2, 0) is 14.8 Å². The zero-order valence-corrected chi connectivity index (χ0v) is 20.0. The van der Waals surface area contributed by atoms with Gasteiger partial charge in [-0.3, -0.25) is 4.79 Å². The first-order valence-electron chi connectivity index (χ1n) is 10.9. The number of anilines is 1. The Labute approximate surface area is 192 Å². The molecule has 1 aromatic carbocycles. The number of benzene rings is 1. The second kappa shape index (κ2) is 9.46. The summed E-state index contributed by atoms with van der Waals surface area (Å²) in [5.74, 6) is 0.680. The fourth-order valence-corrected chi connectivity index (χ4v) is 7.10. The molecule has 32 heavy (non-hydrogen) atoms. The predicted molar refractivity (Wildman–Crippen MR) is 123 cm³/mol. The van der Waals surface area contributed by atoms with Crippen LogP contribution < -0.4 is 10.1 Å². The lowest BCUT2D eigenvalue weighted by atomic mass is 10.0. The number of ether oxygens (including phenoxy) is 1. The summed E-state index contributed by atoms with van der Waals surface area (Å²) in [6.07, 6.45) is 4.87. The van der Waals surface area contributed by atoms with Crippen LogP contribution in [0.15, 0.2) is 23.1 Å². The Morgan fingerprint density at radius 1 is 1.31 bits per heavy atom. The first-order valence-corrected chi connectivity index (χ1v) is 13.2. The number of nitrogens with zero attached hydrogens (tertiary/aromatic N) is 2. The monoisotopic (exact) mass is 479 g/mol. The normalized spacial score (nSPS) is 20.0. The van der Waals surface area contributed by atoms with E-state index in [0.29, 0.717) is 29.5 Å². The van der Waals surface area contributed by atoms with E-state index < -0.39 is 16.1 Å². The second-order valence-electron chi connectivity index (χ2n) is 8.51. The van der Waals surface area contributed by atoms with Crippen LogP contribution in [0.1, 0.15) is 44.2 Å². The van der Waals surface area contributed by atoms with Gasteiger partial charge < -0.3 is 15.2 Å². The fraction of sp³-hybridized carbons (Fsp3) is 0.545. The molecule has 1 saturated heterocycles. The molecule has 1 saturated carbocycles. The minimum Gasteiger partial charge on any atom is -0.495 e. The molecule has 1 aromatic heterocycles. The van der Waals surface area contributed by atoms with Gasteiger partial charge >= 0.3 is 0 Å². The van der Waals surface area contributed by atoms with Crippen molar-refractivity contribution in [1.29, 1.82) is 0 Å². The van der Waals surface area contributed by atoms with Crippen LogP contribution in [0.4, 0.5) is 5.13 Å². The van der Waals surface area contributed by atoms with Crippen molar-refractivity contribution in [2.45, 2.75) is 56.4 Å². The molecule has 2 N–H and O–H groups in total. The van der Waals surface area contributed by atoms with Crippen molar-refractivity contribution in [3.63, 3.8) is 0 Å². The minimum absolute atomic E-state index is 0.0252. The van der Waals surface area contributed by atoms with Crippen LogP contribution in [0.3, 0.4) is 0 Å². The van der Waals surface area contributed by atoms with E-state index >= 15 is 0 Å². The summed E-state index contributed by atoms with van der Waals surface area (Å²) < 4.78 is 33.0. The number of nitrogens with one attached hydrogen (secondary N) is 1. The first-order chi connectivity index (χ1) is 15.3. The average Bonchev–Trinajstić information content (AvgIpc) is 3.49. The highest BCUT2D eigenvalue weighted by Crippen LogP contribution is 2.38. The highest BCUT2D eigenvalue weighted by Gasteiger charge is 2.34. The quantitative estimate of drug-likeness (QED) is 0.630. The molecule has 2 heterocycles. The van der Waals surface area contributed by atoms with Crippen LogP contribution in [0.25, 0.3) is 10.4 Å². The van der Waals surface area contributed by atoms with Gasteiger partial charge in [0.25, 0.3) is 0 Å². The van der Waals surface area contributed by atoms with Crippen molar-refractivity contribution < 1.29 is 23.1 Å². The molecule has 1 amide bonds. The van der Waals surface area contributed by atoms with E-state index in [1.807, 2.05) is 6.92 Å². The zero-order chi connectivity index (χ0) is 22.9. The lowest BCUT2D eigenvalue weighted by molar-refractivity contribution is -0.117. The summed E-state index contributed by atoms with van der Waals surface area (Å²) in [6.45, 7) is 2.19. The fourth-order valence-electron chi connectivity index (χ4n) is 4.45. The number of amides is 1. The van der Waals surface area contributed by atoms with E-state index in [1.54, 1.807) is 18.2 Å². The van der Waals surface area contributed by atoms with E-state index in [9.17, 15) is 18.3 Å². The molecule has 2 aromatic rings. The third-order valence-electron chi connectivity index (χ3n) is 6.16. The summed E-state index contributed by atoms with van der Waals surface area (Å²) in [5, 5.41) is 13.2. The summed E-state index contributed by atoms with van der Waals surface area (Å²) >= 11 is 1.33. The number of β-amino-alcohol motifs (C(OH)–C–C–N with tert-alkyl or cyclic N) is 1. The van der Waals surface area contributed by atoms with Crippen LogP contribution in [0.5, 0.6) is 5.75 Å². The predicted octanol–water partition coefficient (Wildman–Crippen LogP) is 3.40. The van der Waals surface area contributed by atoms with Crippen molar-refractivity contribution in [3.8, 4) is 16.2 Å². The number of methoxy groups -OCH3 is 1. The molecule has 0 radical (unpaired) electrons. The van der Waals surface area contributed by atoms with Crippen LogP contribution in [0, 0.1) is 12.8 Å². The molecule has 174 valence electrons. The number of carbonyl (C=O) groups is 1. The van der Waals surface area contributed by atoms with E-state index in [0.717, 1.165) is 23.4 Å². The summed E-state index contributed by atoms with van der Waals surface area (Å²) in [5.41, 5.74) is 1.41. The zero-order valence-electron chi connectivity index (χ0n) is 18.3. The van der Waals surface area contributed by atoms with Crippen molar-refractivity contribution in [2.75, 3.05) is 25.5 Å². The summed E-state index contributed by atoms with van der Waals surface area (Å²) in [7, 11) is -2.39. The summed E-state index contributed by atoms with van der Waals surface area (Å²) in [6, 6.07) is 5.01. The molecular formula is C22H29N3O5S2. The number of carbonyl (C=O) groups excluding carboxylic acids is 1. The van der Waals surface area contributed by atoms with Crippen molar-refractivity contribution >= 4 is 32.4 Å². The number of hydrogen-bond acceptors (Lipinski definition) is 7. The Morgan fingerprint density at radius 3 is 2.72 bits per heavy atom. The first kappa shape index (κ1) is 23.2. The second-order valence-corrected chi connectivity index (χ2v) is 11.4. The molecule has 0 unspecified atom stereocenters. The lowest BCUT2D eigenvalue weighted by Gasteiger charge is -2.18. The molecular weight excluding hydrogens is 450 g/mol. The standard InChI is InChI=1S/C22H29N3O5S2/c1-14-21(31-22(23-14)24-20(27)11-15-5-3-4-6-15)16-7-8-18(30-2)19(12-16)32(28,29)25-10-9-17(26)13-25/h7-8,12,15,17,26H,3-6,9-11,13H2,1-2H3,(H,23,24,27)/t17-/m1/s1. The number of rotatable bonds is 7. The Bertz CT molecular complexity index is 1090.